The Morgan fingerprint density at radius 2 is 2.22 bits per heavy atom. The molecule has 0 saturated carbocycles. The molecule has 1 heterocycles. The van der Waals surface area contributed by atoms with Gasteiger partial charge in [-0.1, -0.05) is 12.1 Å². The molecule has 2 atom stereocenters. The molecule has 18 heavy (non-hydrogen) atoms. The van der Waals surface area contributed by atoms with Gasteiger partial charge in [-0.15, -0.1) is 0 Å². The van der Waals surface area contributed by atoms with Gasteiger partial charge < -0.3 is 15.2 Å². The van der Waals surface area contributed by atoms with Crippen molar-refractivity contribution in [2.45, 2.75) is 31.9 Å². The van der Waals surface area contributed by atoms with Crippen LogP contribution >= 0.6 is 0 Å². The Morgan fingerprint density at radius 1 is 1.44 bits per heavy atom. The van der Waals surface area contributed by atoms with Crippen LogP contribution in [0.15, 0.2) is 18.2 Å². The maximum Gasteiger partial charge on any atom is 0.265 e. The lowest BCUT2D eigenvalue weighted by atomic mass is 10.0. The summed E-state index contributed by atoms with van der Waals surface area (Å²) in [7, 11) is 0. The summed E-state index contributed by atoms with van der Waals surface area (Å²) in [5, 5.41) is 11.9. The number of aliphatic hydroxyl groups is 1. The van der Waals surface area contributed by atoms with Crippen molar-refractivity contribution in [2.75, 3.05) is 13.2 Å². The average molecular weight is 257 g/mol. The quantitative estimate of drug-likeness (QED) is 0.846. The van der Waals surface area contributed by atoms with Gasteiger partial charge >= 0.3 is 0 Å². The van der Waals surface area contributed by atoms with Crippen molar-refractivity contribution < 1.29 is 18.6 Å². The molecule has 0 aromatic heterocycles. The predicted molar refractivity (Wildman–Crippen MR) is 64.1 cm³/mol. The maximum atomic E-state index is 12.2. The fraction of sp³-hybridized carbons (Fsp3) is 0.538. The second-order valence-corrected chi connectivity index (χ2v) is 4.50. The average Bonchev–Trinajstić information content (AvgIpc) is 2.82. The fourth-order valence-electron chi connectivity index (χ4n) is 1.98. The standard InChI is InChI=1S/C13H17F2NO2/c1-8(16-7-11(17)13(14)15)9-2-3-12-10(6-9)4-5-18-12/h2-3,6,8,11,13,16-17H,4-5,7H2,1H3. The van der Waals surface area contributed by atoms with Crippen LogP contribution in [0.25, 0.3) is 0 Å². The smallest absolute Gasteiger partial charge is 0.265 e. The number of hydrogen-bond donors (Lipinski definition) is 2. The van der Waals surface area contributed by atoms with Crippen LogP contribution in [0.5, 0.6) is 5.75 Å². The third kappa shape index (κ3) is 2.97. The summed E-state index contributed by atoms with van der Waals surface area (Å²) in [6.45, 7) is 2.47. The first-order valence-electron chi connectivity index (χ1n) is 6.03. The minimum atomic E-state index is -2.71. The minimum Gasteiger partial charge on any atom is -0.493 e. The Balaban J connectivity index is 1.95. The van der Waals surface area contributed by atoms with E-state index in [1.165, 1.54) is 0 Å². The van der Waals surface area contributed by atoms with Gasteiger partial charge in [0.1, 0.15) is 11.9 Å². The monoisotopic (exact) mass is 257 g/mol. The first-order chi connectivity index (χ1) is 8.58. The zero-order chi connectivity index (χ0) is 13.1. The summed E-state index contributed by atoms with van der Waals surface area (Å²) in [6.07, 6.45) is -3.45. The van der Waals surface area contributed by atoms with Gasteiger partial charge in [-0.3, -0.25) is 0 Å². The van der Waals surface area contributed by atoms with Crippen molar-refractivity contribution in [1.82, 2.24) is 5.32 Å². The molecule has 0 bridgehead atoms. The summed E-state index contributed by atoms with van der Waals surface area (Å²) in [5.74, 6) is 0.901. The highest BCUT2D eigenvalue weighted by molar-refractivity contribution is 5.40. The predicted octanol–water partition coefficient (Wildman–Crippen LogP) is 1.90. The van der Waals surface area contributed by atoms with Gasteiger partial charge in [0.05, 0.1) is 6.61 Å². The summed E-state index contributed by atoms with van der Waals surface area (Å²) in [6, 6.07) is 5.76. The van der Waals surface area contributed by atoms with Crippen molar-refractivity contribution in [2.24, 2.45) is 0 Å². The van der Waals surface area contributed by atoms with E-state index in [-0.39, 0.29) is 12.6 Å². The second-order valence-electron chi connectivity index (χ2n) is 4.50. The molecule has 2 N–H and O–H groups in total. The van der Waals surface area contributed by atoms with Crippen LogP contribution in [0.4, 0.5) is 8.78 Å². The first-order valence-corrected chi connectivity index (χ1v) is 6.03. The van der Waals surface area contributed by atoms with E-state index in [1.807, 2.05) is 25.1 Å². The van der Waals surface area contributed by atoms with E-state index in [1.54, 1.807) is 0 Å². The molecule has 0 fully saturated rings. The normalized spacial score (nSPS) is 17.4. The zero-order valence-electron chi connectivity index (χ0n) is 10.2. The van der Waals surface area contributed by atoms with Crippen LogP contribution in [0, 0.1) is 0 Å². The molecular weight excluding hydrogens is 240 g/mol. The molecule has 0 aliphatic carbocycles. The Kier molecular flexibility index (Phi) is 4.14. The van der Waals surface area contributed by atoms with Gasteiger partial charge in [-0.2, -0.15) is 0 Å². The van der Waals surface area contributed by atoms with Crippen LogP contribution in [0.3, 0.4) is 0 Å². The molecule has 2 rings (SSSR count). The van der Waals surface area contributed by atoms with Crippen molar-refractivity contribution in [1.29, 1.82) is 0 Å². The molecule has 2 unspecified atom stereocenters. The molecule has 0 spiro atoms. The second kappa shape index (κ2) is 5.63. The fourth-order valence-corrected chi connectivity index (χ4v) is 1.98. The molecular formula is C13H17F2NO2. The summed E-state index contributed by atoms with van der Waals surface area (Å²) >= 11 is 0. The van der Waals surface area contributed by atoms with Crippen molar-refractivity contribution in [3.8, 4) is 5.75 Å². The van der Waals surface area contributed by atoms with Gasteiger partial charge in [-0.05, 0) is 24.1 Å². The van der Waals surface area contributed by atoms with E-state index in [9.17, 15) is 8.78 Å². The molecule has 1 aliphatic heterocycles. The van der Waals surface area contributed by atoms with Crippen molar-refractivity contribution in [3.05, 3.63) is 29.3 Å². The lowest BCUT2D eigenvalue weighted by Crippen LogP contribution is -2.33. The number of halogens is 2. The molecule has 1 aromatic carbocycles. The Morgan fingerprint density at radius 3 is 2.94 bits per heavy atom. The Bertz CT molecular complexity index is 412. The van der Waals surface area contributed by atoms with Gasteiger partial charge in [-0.25, -0.2) is 8.78 Å². The van der Waals surface area contributed by atoms with E-state index in [2.05, 4.69) is 5.32 Å². The number of ether oxygens (including phenoxy) is 1. The zero-order valence-corrected chi connectivity index (χ0v) is 10.2. The molecule has 3 nitrogen and oxygen atoms in total. The van der Waals surface area contributed by atoms with E-state index in [4.69, 9.17) is 9.84 Å². The van der Waals surface area contributed by atoms with Crippen LogP contribution in [-0.4, -0.2) is 30.8 Å². The topological polar surface area (TPSA) is 41.5 Å². The highest BCUT2D eigenvalue weighted by Crippen LogP contribution is 2.28. The Labute approximate surface area is 105 Å². The molecule has 100 valence electrons. The van der Waals surface area contributed by atoms with Crippen molar-refractivity contribution >= 4 is 0 Å². The van der Waals surface area contributed by atoms with Crippen LogP contribution in [0.2, 0.25) is 0 Å². The molecule has 0 amide bonds. The number of hydrogen-bond acceptors (Lipinski definition) is 3. The molecule has 1 aliphatic rings. The summed E-state index contributed by atoms with van der Waals surface area (Å²) < 4.78 is 29.7. The molecule has 1 aromatic rings. The molecule has 5 heteroatoms. The number of nitrogens with one attached hydrogen (secondary N) is 1. The van der Waals surface area contributed by atoms with E-state index < -0.39 is 12.5 Å². The van der Waals surface area contributed by atoms with Crippen molar-refractivity contribution in [3.63, 3.8) is 0 Å². The number of alkyl halides is 2. The Hall–Kier alpha value is -1.20. The van der Waals surface area contributed by atoms with Crippen LogP contribution < -0.4 is 10.1 Å². The van der Waals surface area contributed by atoms with E-state index >= 15 is 0 Å². The van der Waals surface area contributed by atoms with E-state index in [0.717, 1.165) is 23.3 Å². The van der Waals surface area contributed by atoms with Crippen LogP contribution in [-0.2, 0) is 6.42 Å². The maximum absolute atomic E-state index is 12.2. The largest absolute Gasteiger partial charge is 0.493 e. The van der Waals surface area contributed by atoms with Crippen LogP contribution in [0.1, 0.15) is 24.1 Å². The SMILES string of the molecule is CC(NCC(O)C(F)F)c1ccc2c(c1)CCO2. The number of fused-ring (bicyclic) bond motifs is 1. The molecule has 0 radical (unpaired) electrons. The highest BCUT2D eigenvalue weighted by atomic mass is 19.3. The lowest BCUT2D eigenvalue weighted by molar-refractivity contribution is -0.00439. The number of aliphatic hydroxyl groups excluding tert-OH is 1. The van der Waals surface area contributed by atoms with Gasteiger partial charge in [0.25, 0.3) is 6.43 Å². The third-order valence-electron chi connectivity index (χ3n) is 3.14. The van der Waals surface area contributed by atoms with Gasteiger partial charge in [0.15, 0.2) is 0 Å². The lowest BCUT2D eigenvalue weighted by Gasteiger charge is -2.17. The minimum absolute atomic E-state index is 0.0794. The number of benzene rings is 1. The first kappa shape index (κ1) is 13.2. The summed E-state index contributed by atoms with van der Waals surface area (Å²) in [4.78, 5) is 0. The van der Waals surface area contributed by atoms with Gasteiger partial charge in [0.2, 0.25) is 0 Å². The molecule has 0 saturated heterocycles. The third-order valence-corrected chi connectivity index (χ3v) is 3.14. The number of rotatable bonds is 5. The van der Waals surface area contributed by atoms with E-state index in [0.29, 0.717) is 6.61 Å². The summed E-state index contributed by atoms with van der Waals surface area (Å²) in [5.41, 5.74) is 2.16. The van der Waals surface area contributed by atoms with Gasteiger partial charge in [0, 0.05) is 19.0 Å². The highest BCUT2D eigenvalue weighted by Gasteiger charge is 2.18.